The number of Topliss-reactive ketones (excluding diaryl/α,β-unsaturated/α-hetero) is 1. The molecule has 0 unspecified atom stereocenters. The number of methoxy groups -OCH3 is 1. The molecule has 0 atom stereocenters. The molecule has 2 rings (SSSR count). The van der Waals surface area contributed by atoms with Crippen molar-refractivity contribution in [3.63, 3.8) is 0 Å². The highest BCUT2D eigenvalue weighted by atomic mass is 16.5. The van der Waals surface area contributed by atoms with E-state index in [2.05, 4.69) is 5.32 Å². The van der Waals surface area contributed by atoms with Gasteiger partial charge in [0.15, 0.2) is 5.78 Å². The van der Waals surface area contributed by atoms with E-state index in [9.17, 15) is 9.59 Å². The number of carbonyl (C=O) groups excluding carboxylic acids is 2. The molecule has 0 saturated carbocycles. The molecule has 2 aromatic carbocycles. The molecule has 1 N–H and O–H groups in total. The van der Waals surface area contributed by atoms with Crippen LogP contribution in [-0.4, -0.2) is 32.9 Å². The topological polar surface area (TPSA) is 58.6 Å². The van der Waals surface area contributed by atoms with Crippen LogP contribution in [0.4, 0.5) is 11.4 Å². The minimum Gasteiger partial charge on any atom is -0.497 e. The molecule has 126 valence electrons. The molecule has 2 aromatic rings. The first-order chi connectivity index (χ1) is 11.5. The van der Waals surface area contributed by atoms with Crippen molar-refractivity contribution < 1.29 is 14.3 Å². The van der Waals surface area contributed by atoms with Crippen molar-refractivity contribution in [1.29, 1.82) is 0 Å². The van der Waals surface area contributed by atoms with Crippen LogP contribution in [0.15, 0.2) is 48.5 Å². The van der Waals surface area contributed by atoms with E-state index < -0.39 is 0 Å². The number of rotatable bonds is 7. The summed E-state index contributed by atoms with van der Waals surface area (Å²) in [4.78, 5) is 26.1. The highest BCUT2D eigenvalue weighted by molar-refractivity contribution is 6.00. The van der Waals surface area contributed by atoms with Gasteiger partial charge in [0, 0.05) is 43.9 Å². The first-order valence-corrected chi connectivity index (χ1v) is 7.74. The molecule has 24 heavy (non-hydrogen) atoms. The summed E-state index contributed by atoms with van der Waals surface area (Å²) in [5, 5.41) is 2.80. The Bertz CT molecular complexity index is 709. The van der Waals surface area contributed by atoms with Gasteiger partial charge in [-0.15, -0.1) is 0 Å². The predicted octanol–water partition coefficient (Wildman–Crippen LogP) is 3.36. The third kappa shape index (κ3) is 4.84. The standard InChI is InChI=1S/C19H22N2O3/c1-21(2)16-9-7-15(8-10-16)20-19(23)12-11-18(22)14-5-4-6-17(13-14)24-3/h4-10,13H,11-12H2,1-3H3,(H,20,23). The van der Waals surface area contributed by atoms with Gasteiger partial charge < -0.3 is 15.0 Å². The average molecular weight is 326 g/mol. The lowest BCUT2D eigenvalue weighted by atomic mass is 10.1. The zero-order valence-electron chi connectivity index (χ0n) is 14.2. The molecule has 0 aliphatic rings. The van der Waals surface area contributed by atoms with E-state index in [1.54, 1.807) is 31.4 Å². The summed E-state index contributed by atoms with van der Waals surface area (Å²) in [5.74, 6) is 0.377. The number of nitrogens with zero attached hydrogens (tertiary/aromatic N) is 1. The van der Waals surface area contributed by atoms with E-state index in [0.29, 0.717) is 11.3 Å². The zero-order chi connectivity index (χ0) is 17.5. The highest BCUT2D eigenvalue weighted by Crippen LogP contribution is 2.17. The molecule has 0 radical (unpaired) electrons. The normalized spacial score (nSPS) is 10.1. The molecule has 0 saturated heterocycles. The maximum absolute atomic E-state index is 12.1. The molecule has 0 aliphatic heterocycles. The molecule has 0 spiro atoms. The van der Waals surface area contributed by atoms with E-state index in [1.165, 1.54) is 0 Å². The van der Waals surface area contributed by atoms with Crippen molar-refractivity contribution in [1.82, 2.24) is 0 Å². The number of hydrogen-bond acceptors (Lipinski definition) is 4. The van der Waals surface area contributed by atoms with Gasteiger partial charge in [-0.3, -0.25) is 9.59 Å². The number of nitrogens with one attached hydrogen (secondary N) is 1. The molecular weight excluding hydrogens is 304 g/mol. The van der Waals surface area contributed by atoms with Crippen molar-refractivity contribution in [2.45, 2.75) is 12.8 Å². The average Bonchev–Trinajstić information content (AvgIpc) is 2.60. The van der Waals surface area contributed by atoms with Crippen LogP contribution in [0.2, 0.25) is 0 Å². The van der Waals surface area contributed by atoms with Crippen LogP contribution in [0, 0.1) is 0 Å². The second-order valence-electron chi connectivity index (χ2n) is 5.64. The number of ether oxygens (including phenoxy) is 1. The monoisotopic (exact) mass is 326 g/mol. The summed E-state index contributed by atoms with van der Waals surface area (Å²) in [5.41, 5.74) is 2.33. The summed E-state index contributed by atoms with van der Waals surface area (Å²) in [6.07, 6.45) is 0.306. The van der Waals surface area contributed by atoms with Crippen LogP contribution < -0.4 is 15.0 Å². The SMILES string of the molecule is COc1cccc(C(=O)CCC(=O)Nc2ccc(N(C)C)cc2)c1. The number of amides is 1. The van der Waals surface area contributed by atoms with Crippen molar-refractivity contribution in [2.24, 2.45) is 0 Å². The number of hydrogen-bond donors (Lipinski definition) is 1. The smallest absolute Gasteiger partial charge is 0.224 e. The maximum Gasteiger partial charge on any atom is 0.224 e. The zero-order valence-corrected chi connectivity index (χ0v) is 14.2. The summed E-state index contributed by atoms with van der Waals surface area (Å²) >= 11 is 0. The van der Waals surface area contributed by atoms with Crippen LogP contribution in [-0.2, 0) is 4.79 Å². The molecule has 5 nitrogen and oxygen atoms in total. The van der Waals surface area contributed by atoms with Gasteiger partial charge in [-0.1, -0.05) is 12.1 Å². The Hall–Kier alpha value is -2.82. The van der Waals surface area contributed by atoms with Crippen LogP contribution in [0.25, 0.3) is 0 Å². The second-order valence-corrected chi connectivity index (χ2v) is 5.64. The van der Waals surface area contributed by atoms with Crippen LogP contribution >= 0.6 is 0 Å². The first kappa shape index (κ1) is 17.5. The fourth-order valence-corrected chi connectivity index (χ4v) is 2.23. The molecule has 0 aliphatic carbocycles. The quantitative estimate of drug-likeness (QED) is 0.793. The molecule has 0 bridgehead atoms. The fourth-order valence-electron chi connectivity index (χ4n) is 2.23. The van der Waals surface area contributed by atoms with E-state index in [-0.39, 0.29) is 24.5 Å². The largest absolute Gasteiger partial charge is 0.497 e. The third-order valence-corrected chi connectivity index (χ3v) is 3.64. The van der Waals surface area contributed by atoms with Gasteiger partial charge in [0.1, 0.15) is 5.75 Å². The van der Waals surface area contributed by atoms with Crippen LogP contribution in [0.5, 0.6) is 5.75 Å². The second kappa shape index (κ2) is 8.15. The molecule has 0 fully saturated rings. The van der Waals surface area contributed by atoms with Crippen molar-refractivity contribution in [3.8, 4) is 5.75 Å². The Balaban J connectivity index is 1.87. The maximum atomic E-state index is 12.1. The lowest BCUT2D eigenvalue weighted by molar-refractivity contribution is -0.116. The Morgan fingerprint density at radius 1 is 1.04 bits per heavy atom. The van der Waals surface area contributed by atoms with E-state index >= 15 is 0 Å². The van der Waals surface area contributed by atoms with E-state index in [0.717, 1.165) is 11.4 Å². The van der Waals surface area contributed by atoms with Gasteiger partial charge in [0.2, 0.25) is 5.91 Å². The Kier molecular flexibility index (Phi) is 5.95. The highest BCUT2D eigenvalue weighted by Gasteiger charge is 2.10. The van der Waals surface area contributed by atoms with Crippen molar-refractivity contribution in [3.05, 3.63) is 54.1 Å². The number of anilines is 2. The molecule has 0 aromatic heterocycles. The Morgan fingerprint density at radius 2 is 1.75 bits per heavy atom. The van der Waals surface area contributed by atoms with Gasteiger partial charge in [0.25, 0.3) is 0 Å². The minimum atomic E-state index is -0.177. The summed E-state index contributed by atoms with van der Waals surface area (Å²) in [7, 11) is 5.47. The van der Waals surface area contributed by atoms with Crippen molar-refractivity contribution in [2.75, 3.05) is 31.4 Å². The molecular formula is C19H22N2O3. The van der Waals surface area contributed by atoms with Crippen molar-refractivity contribution >= 4 is 23.1 Å². The van der Waals surface area contributed by atoms with Gasteiger partial charge in [-0.05, 0) is 36.4 Å². The first-order valence-electron chi connectivity index (χ1n) is 7.74. The van der Waals surface area contributed by atoms with Gasteiger partial charge in [-0.2, -0.15) is 0 Å². The lowest BCUT2D eigenvalue weighted by Crippen LogP contribution is -2.14. The predicted molar refractivity (Wildman–Crippen MR) is 96.0 cm³/mol. The van der Waals surface area contributed by atoms with E-state index in [1.807, 2.05) is 43.3 Å². The van der Waals surface area contributed by atoms with E-state index in [4.69, 9.17) is 4.74 Å². The Labute approximate surface area is 142 Å². The molecule has 0 heterocycles. The van der Waals surface area contributed by atoms with Gasteiger partial charge in [-0.25, -0.2) is 0 Å². The molecule has 5 heteroatoms. The molecule has 1 amide bonds. The summed E-state index contributed by atoms with van der Waals surface area (Å²) in [6.45, 7) is 0. The third-order valence-electron chi connectivity index (χ3n) is 3.64. The van der Waals surface area contributed by atoms with Crippen LogP contribution in [0.1, 0.15) is 23.2 Å². The lowest BCUT2D eigenvalue weighted by Gasteiger charge is -2.13. The van der Waals surface area contributed by atoms with Gasteiger partial charge in [0.05, 0.1) is 7.11 Å². The number of carbonyl (C=O) groups is 2. The number of benzene rings is 2. The minimum absolute atomic E-state index is 0.0768. The fraction of sp³-hybridized carbons (Fsp3) is 0.263. The number of ketones is 1. The Morgan fingerprint density at radius 3 is 2.38 bits per heavy atom. The summed E-state index contributed by atoms with van der Waals surface area (Å²) < 4.78 is 5.10. The van der Waals surface area contributed by atoms with Crippen LogP contribution in [0.3, 0.4) is 0 Å². The summed E-state index contributed by atoms with van der Waals surface area (Å²) in [6, 6.07) is 14.5. The van der Waals surface area contributed by atoms with Gasteiger partial charge >= 0.3 is 0 Å².